The van der Waals surface area contributed by atoms with Gasteiger partial charge >= 0.3 is 0 Å². The summed E-state index contributed by atoms with van der Waals surface area (Å²) < 4.78 is 7.96. The number of nitrogens with zero attached hydrogens (tertiary/aromatic N) is 3. The molecule has 2 rings (SSSR count). The van der Waals surface area contributed by atoms with Crippen LogP contribution in [-0.2, 0) is 17.8 Å². The first-order valence-electron chi connectivity index (χ1n) is 6.54. The normalized spacial score (nSPS) is 24.3. The van der Waals surface area contributed by atoms with E-state index in [1.165, 1.54) is 5.69 Å². The molecule has 1 N–H and O–H groups in total. The number of morpholine rings is 1. The van der Waals surface area contributed by atoms with Gasteiger partial charge in [0, 0.05) is 32.4 Å². The molecule has 5 nitrogen and oxygen atoms in total. The Hall–Kier alpha value is -0.910. The molecule has 0 aromatic carbocycles. The van der Waals surface area contributed by atoms with E-state index in [1.807, 2.05) is 12.5 Å². The van der Waals surface area contributed by atoms with Gasteiger partial charge in [-0.15, -0.1) is 0 Å². The number of aliphatic hydroxyl groups excluding tert-OH is 1. The fourth-order valence-corrected chi connectivity index (χ4v) is 2.63. The van der Waals surface area contributed by atoms with E-state index in [4.69, 9.17) is 4.74 Å². The molecule has 5 heteroatoms. The summed E-state index contributed by atoms with van der Waals surface area (Å²) in [6.07, 6.45) is 3.69. The molecule has 0 saturated carbocycles. The van der Waals surface area contributed by atoms with Gasteiger partial charge in [0.05, 0.1) is 30.3 Å². The van der Waals surface area contributed by atoms with E-state index >= 15 is 0 Å². The Labute approximate surface area is 108 Å². The highest BCUT2D eigenvalue weighted by Crippen LogP contribution is 2.22. The molecule has 1 saturated heterocycles. The van der Waals surface area contributed by atoms with Crippen LogP contribution in [0.3, 0.4) is 0 Å². The Morgan fingerprint density at radius 2 is 2.33 bits per heavy atom. The number of hydrogen-bond donors (Lipinski definition) is 1. The van der Waals surface area contributed by atoms with Gasteiger partial charge in [0.25, 0.3) is 0 Å². The molecule has 1 aliphatic heterocycles. The van der Waals surface area contributed by atoms with Crippen molar-refractivity contribution >= 4 is 0 Å². The largest absolute Gasteiger partial charge is 0.394 e. The van der Waals surface area contributed by atoms with E-state index in [2.05, 4.69) is 35.2 Å². The van der Waals surface area contributed by atoms with Crippen molar-refractivity contribution in [3.05, 3.63) is 18.2 Å². The predicted molar refractivity (Wildman–Crippen MR) is 69.2 cm³/mol. The minimum Gasteiger partial charge on any atom is -0.394 e. The molecule has 0 amide bonds. The standard InChI is InChI=1S/C13H23N3O2/c1-4-16-10-14-5-11(16)6-15-7-12(8-17)18-13(2,3)9-15/h5,10,12,17H,4,6-9H2,1-3H3. The third-order valence-corrected chi connectivity index (χ3v) is 3.28. The summed E-state index contributed by atoms with van der Waals surface area (Å²) in [5.41, 5.74) is 1.01. The molecule has 2 heterocycles. The first-order valence-corrected chi connectivity index (χ1v) is 6.54. The van der Waals surface area contributed by atoms with Gasteiger partial charge in [-0.05, 0) is 20.8 Å². The molecule has 102 valence electrons. The molecule has 1 aromatic heterocycles. The number of hydrogen-bond acceptors (Lipinski definition) is 4. The fraction of sp³-hybridized carbons (Fsp3) is 0.769. The number of imidazole rings is 1. The Balaban J connectivity index is 2.04. The smallest absolute Gasteiger partial charge is 0.0948 e. The first-order chi connectivity index (χ1) is 8.54. The average Bonchev–Trinajstić information content (AvgIpc) is 2.74. The lowest BCUT2D eigenvalue weighted by atomic mass is 10.1. The molecule has 1 unspecified atom stereocenters. The molecule has 0 bridgehead atoms. The van der Waals surface area contributed by atoms with Crippen LogP contribution in [0.2, 0.25) is 0 Å². The maximum Gasteiger partial charge on any atom is 0.0948 e. The van der Waals surface area contributed by atoms with E-state index in [0.717, 1.165) is 26.2 Å². The van der Waals surface area contributed by atoms with Crippen LogP contribution >= 0.6 is 0 Å². The van der Waals surface area contributed by atoms with Crippen LogP contribution in [-0.4, -0.2) is 51.0 Å². The number of aliphatic hydroxyl groups is 1. The zero-order valence-corrected chi connectivity index (χ0v) is 11.5. The van der Waals surface area contributed by atoms with E-state index in [-0.39, 0.29) is 18.3 Å². The molecule has 18 heavy (non-hydrogen) atoms. The van der Waals surface area contributed by atoms with Crippen LogP contribution < -0.4 is 0 Å². The van der Waals surface area contributed by atoms with Gasteiger partial charge < -0.3 is 14.4 Å². The summed E-state index contributed by atoms with van der Waals surface area (Å²) >= 11 is 0. The quantitative estimate of drug-likeness (QED) is 0.865. The lowest BCUT2D eigenvalue weighted by Crippen LogP contribution is -2.53. The van der Waals surface area contributed by atoms with Crippen LogP contribution in [0.1, 0.15) is 26.5 Å². The van der Waals surface area contributed by atoms with Gasteiger partial charge in [0.1, 0.15) is 0 Å². The fourth-order valence-electron chi connectivity index (χ4n) is 2.63. The molecule has 1 fully saturated rings. The average molecular weight is 253 g/mol. The van der Waals surface area contributed by atoms with Crippen LogP contribution in [0.25, 0.3) is 0 Å². The molecular formula is C13H23N3O2. The minimum absolute atomic E-state index is 0.0764. The van der Waals surface area contributed by atoms with Crippen LogP contribution in [0.15, 0.2) is 12.5 Å². The summed E-state index contributed by atoms with van der Waals surface area (Å²) in [6.45, 7) is 9.77. The van der Waals surface area contributed by atoms with Gasteiger partial charge in [-0.1, -0.05) is 0 Å². The lowest BCUT2D eigenvalue weighted by molar-refractivity contribution is -0.151. The summed E-state index contributed by atoms with van der Waals surface area (Å²) in [7, 11) is 0. The maximum absolute atomic E-state index is 9.30. The Kier molecular flexibility index (Phi) is 4.04. The van der Waals surface area contributed by atoms with Crippen LogP contribution in [0.5, 0.6) is 0 Å². The summed E-state index contributed by atoms with van der Waals surface area (Å²) in [5, 5.41) is 9.30. The van der Waals surface area contributed by atoms with Crippen molar-refractivity contribution in [1.82, 2.24) is 14.5 Å². The van der Waals surface area contributed by atoms with Crippen molar-refractivity contribution in [2.24, 2.45) is 0 Å². The maximum atomic E-state index is 9.30. The number of aromatic nitrogens is 2. The summed E-state index contributed by atoms with van der Waals surface area (Å²) in [4.78, 5) is 6.52. The van der Waals surface area contributed by atoms with E-state index in [1.54, 1.807) is 0 Å². The highest BCUT2D eigenvalue weighted by atomic mass is 16.5. The van der Waals surface area contributed by atoms with Gasteiger partial charge in [0.15, 0.2) is 0 Å². The van der Waals surface area contributed by atoms with E-state index in [9.17, 15) is 5.11 Å². The van der Waals surface area contributed by atoms with Crippen LogP contribution in [0, 0.1) is 0 Å². The van der Waals surface area contributed by atoms with Crippen molar-refractivity contribution in [3.8, 4) is 0 Å². The Morgan fingerprint density at radius 1 is 1.56 bits per heavy atom. The lowest BCUT2D eigenvalue weighted by Gasteiger charge is -2.42. The summed E-state index contributed by atoms with van der Waals surface area (Å²) in [5.74, 6) is 0. The molecule has 1 aromatic rings. The van der Waals surface area contributed by atoms with Crippen molar-refractivity contribution < 1.29 is 9.84 Å². The molecule has 0 aliphatic carbocycles. The number of ether oxygens (including phenoxy) is 1. The van der Waals surface area contributed by atoms with Gasteiger partial charge in [0.2, 0.25) is 0 Å². The molecule has 0 spiro atoms. The van der Waals surface area contributed by atoms with Gasteiger partial charge in [-0.2, -0.15) is 0 Å². The second-order valence-electron chi connectivity index (χ2n) is 5.52. The van der Waals surface area contributed by atoms with Crippen molar-refractivity contribution in [1.29, 1.82) is 0 Å². The second kappa shape index (κ2) is 5.38. The predicted octanol–water partition coefficient (Wildman–Crippen LogP) is 0.875. The third-order valence-electron chi connectivity index (χ3n) is 3.28. The van der Waals surface area contributed by atoms with Crippen molar-refractivity contribution in [3.63, 3.8) is 0 Å². The molecule has 0 radical (unpaired) electrons. The zero-order valence-electron chi connectivity index (χ0n) is 11.5. The first kappa shape index (κ1) is 13.5. The number of rotatable bonds is 4. The zero-order chi connectivity index (χ0) is 13.2. The van der Waals surface area contributed by atoms with Crippen LogP contribution in [0.4, 0.5) is 0 Å². The highest BCUT2D eigenvalue weighted by molar-refractivity contribution is 4.99. The minimum atomic E-state index is -0.206. The molecular weight excluding hydrogens is 230 g/mol. The van der Waals surface area contributed by atoms with E-state index in [0.29, 0.717) is 0 Å². The van der Waals surface area contributed by atoms with Crippen molar-refractivity contribution in [2.75, 3.05) is 19.7 Å². The van der Waals surface area contributed by atoms with Gasteiger partial charge in [-0.25, -0.2) is 4.98 Å². The Bertz CT molecular complexity index is 389. The SMILES string of the molecule is CCn1cncc1CN1CC(CO)OC(C)(C)C1. The van der Waals surface area contributed by atoms with Crippen molar-refractivity contribution in [2.45, 2.75) is 45.6 Å². The monoisotopic (exact) mass is 253 g/mol. The number of aryl methyl sites for hydroxylation is 1. The highest BCUT2D eigenvalue weighted by Gasteiger charge is 2.33. The third kappa shape index (κ3) is 3.10. The Morgan fingerprint density at radius 3 is 3.00 bits per heavy atom. The molecule has 1 atom stereocenters. The van der Waals surface area contributed by atoms with Gasteiger partial charge in [-0.3, -0.25) is 4.90 Å². The second-order valence-corrected chi connectivity index (χ2v) is 5.52. The summed E-state index contributed by atoms with van der Waals surface area (Å²) in [6, 6.07) is 0. The topological polar surface area (TPSA) is 50.5 Å². The van der Waals surface area contributed by atoms with E-state index < -0.39 is 0 Å². The molecule has 1 aliphatic rings.